The standard InChI is InChI=1S/C8H17N5/c1-2-12(4-3-9)5-6-13-8-10-7-11-13/h7-8H,2-6,9H2,1H3. The van der Waals surface area contributed by atoms with E-state index in [1.807, 2.05) is 4.68 Å². The van der Waals surface area contributed by atoms with Gasteiger partial charge in [0, 0.05) is 19.6 Å². The van der Waals surface area contributed by atoms with E-state index in [0.29, 0.717) is 6.54 Å². The van der Waals surface area contributed by atoms with Crippen molar-refractivity contribution in [3.05, 3.63) is 12.7 Å². The van der Waals surface area contributed by atoms with Crippen LogP contribution in [0.3, 0.4) is 0 Å². The summed E-state index contributed by atoms with van der Waals surface area (Å²) >= 11 is 0. The zero-order valence-corrected chi connectivity index (χ0v) is 8.06. The minimum absolute atomic E-state index is 0.713. The largest absolute Gasteiger partial charge is 0.329 e. The van der Waals surface area contributed by atoms with Crippen LogP contribution in [0.15, 0.2) is 12.7 Å². The average Bonchev–Trinajstić information content (AvgIpc) is 2.64. The maximum Gasteiger partial charge on any atom is 0.137 e. The second-order valence-electron chi connectivity index (χ2n) is 2.88. The van der Waals surface area contributed by atoms with Crippen LogP contribution in [0.2, 0.25) is 0 Å². The Kier molecular flexibility index (Phi) is 4.42. The second kappa shape index (κ2) is 5.66. The van der Waals surface area contributed by atoms with Crippen LogP contribution in [0.4, 0.5) is 0 Å². The van der Waals surface area contributed by atoms with Crippen LogP contribution in [0.1, 0.15) is 6.92 Å². The van der Waals surface area contributed by atoms with E-state index in [0.717, 1.165) is 26.2 Å². The molecule has 5 nitrogen and oxygen atoms in total. The van der Waals surface area contributed by atoms with Crippen LogP contribution in [0.25, 0.3) is 0 Å². The molecule has 1 heterocycles. The lowest BCUT2D eigenvalue weighted by molar-refractivity contribution is 0.278. The van der Waals surface area contributed by atoms with Gasteiger partial charge >= 0.3 is 0 Å². The highest BCUT2D eigenvalue weighted by Crippen LogP contribution is 1.88. The Balaban J connectivity index is 2.23. The molecular weight excluding hydrogens is 166 g/mol. The Morgan fingerprint density at radius 2 is 2.31 bits per heavy atom. The molecule has 74 valence electrons. The molecule has 2 N–H and O–H groups in total. The predicted molar refractivity (Wildman–Crippen MR) is 51.2 cm³/mol. The molecule has 5 heteroatoms. The highest BCUT2D eigenvalue weighted by Gasteiger charge is 2.00. The SMILES string of the molecule is CCN(CCN)CCn1cncn1. The first-order valence-electron chi connectivity index (χ1n) is 4.61. The van der Waals surface area contributed by atoms with Crippen molar-refractivity contribution in [2.45, 2.75) is 13.5 Å². The Hall–Kier alpha value is -0.940. The maximum absolute atomic E-state index is 5.48. The molecule has 0 aliphatic heterocycles. The molecule has 0 aliphatic carbocycles. The van der Waals surface area contributed by atoms with Gasteiger partial charge in [-0.3, -0.25) is 4.68 Å². The number of aromatic nitrogens is 3. The molecule has 13 heavy (non-hydrogen) atoms. The van der Waals surface area contributed by atoms with Crippen molar-refractivity contribution in [3.63, 3.8) is 0 Å². The summed E-state index contributed by atoms with van der Waals surface area (Å²) < 4.78 is 1.83. The van der Waals surface area contributed by atoms with Gasteiger partial charge in [-0.15, -0.1) is 0 Å². The summed E-state index contributed by atoms with van der Waals surface area (Å²) in [5.74, 6) is 0. The minimum Gasteiger partial charge on any atom is -0.329 e. The summed E-state index contributed by atoms with van der Waals surface area (Å²) in [6.07, 6.45) is 3.29. The molecule has 0 radical (unpaired) electrons. The van der Waals surface area contributed by atoms with Crippen LogP contribution in [-0.4, -0.2) is 45.8 Å². The molecule has 0 bridgehead atoms. The Morgan fingerprint density at radius 1 is 1.46 bits per heavy atom. The van der Waals surface area contributed by atoms with Crippen LogP contribution < -0.4 is 5.73 Å². The molecule has 0 amide bonds. The molecule has 1 aromatic rings. The van der Waals surface area contributed by atoms with Crippen molar-refractivity contribution >= 4 is 0 Å². The Labute approximate surface area is 78.5 Å². The zero-order valence-electron chi connectivity index (χ0n) is 8.06. The molecule has 0 aromatic carbocycles. The van der Waals surface area contributed by atoms with Crippen LogP contribution in [0, 0.1) is 0 Å². The van der Waals surface area contributed by atoms with Gasteiger partial charge in [0.25, 0.3) is 0 Å². The summed E-state index contributed by atoms with van der Waals surface area (Å²) in [5, 5.41) is 4.03. The predicted octanol–water partition coefficient (Wildman–Crippen LogP) is -0.441. The van der Waals surface area contributed by atoms with Gasteiger partial charge in [0.1, 0.15) is 12.7 Å². The Morgan fingerprint density at radius 3 is 2.85 bits per heavy atom. The first-order valence-corrected chi connectivity index (χ1v) is 4.61. The third-order valence-electron chi connectivity index (χ3n) is 2.00. The van der Waals surface area contributed by atoms with E-state index in [1.54, 1.807) is 12.7 Å². The molecule has 0 saturated heterocycles. The molecular formula is C8H17N5. The van der Waals surface area contributed by atoms with Gasteiger partial charge in [0.15, 0.2) is 0 Å². The molecule has 0 fully saturated rings. The zero-order chi connectivity index (χ0) is 9.52. The van der Waals surface area contributed by atoms with Gasteiger partial charge in [-0.25, -0.2) is 4.98 Å². The van der Waals surface area contributed by atoms with Gasteiger partial charge in [0.2, 0.25) is 0 Å². The smallest absolute Gasteiger partial charge is 0.137 e. The van der Waals surface area contributed by atoms with Gasteiger partial charge < -0.3 is 10.6 Å². The molecule has 1 aromatic heterocycles. The molecule has 1 rings (SSSR count). The van der Waals surface area contributed by atoms with E-state index in [1.165, 1.54) is 0 Å². The number of likely N-dealkylation sites (N-methyl/N-ethyl adjacent to an activating group) is 1. The van der Waals surface area contributed by atoms with Crippen molar-refractivity contribution in [1.82, 2.24) is 19.7 Å². The average molecular weight is 183 g/mol. The summed E-state index contributed by atoms with van der Waals surface area (Å²) in [7, 11) is 0. The molecule has 0 saturated carbocycles. The van der Waals surface area contributed by atoms with E-state index < -0.39 is 0 Å². The van der Waals surface area contributed by atoms with Crippen LogP contribution in [-0.2, 0) is 6.54 Å². The second-order valence-corrected chi connectivity index (χ2v) is 2.88. The summed E-state index contributed by atoms with van der Waals surface area (Å²) in [6.45, 7) is 6.70. The topological polar surface area (TPSA) is 60.0 Å². The number of hydrogen-bond acceptors (Lipinski definition) is 4. The van der Waals surface area contributed by atoms with Crippen LogP contribution in [0.5, 0.6) is 0 Å². The third kappa shape index (κ3) is 3.52. The minimum atomic E-state index is 0.713. The fourth-order valence-corrected chi connectivity index (χ4v) is 1.20. The Bertz CT molecular complexity index is 208. The molecule has 0 spiro atoms. The van der Waals surface area contributed by atoms with Gasteiger partial charge in [-0.2, -0.15) is 5.10 Å². The van der Waals surface area contributed by atoms with E-state index in [4.69, 9.17) is 5.73 Å². The normalized spacial score (nSPS) is 11.0. The highest BCUT2D eigenvalue weighted by atomic mass is 15.3. The first-order chi connectivity index (χ1) is 6.36. The summed E-state index contributed by atoms with van der Waals surface area (Å²) in [6, 6.07) is 0. The lowest BCUT2D eigenvalue weighted by Crippen LogP contribution is -2.32. The van der Waals surface area contributed by atoms with Crippen molar-refractivity contribution in [2.75, 3.05) is 26.2 Å². The number of nitrogens with zero attached hydrogens (tertiary/aromatic N) is 4. The lowest BCUT2D eigenvalue weighted by Gasteiger charge is -2.18. The highest BCUT2D eigenvalue weighted by molar-refractivity contribution is 4.60. The number of hydrogen-bond donors (Lipinski definition) is 1. The quantitative estimate of drug-likeness (QED) is 0.649. The van der Waals surface area contributed by atoms with Gasteiger partial charge in [0.05, 0.1) is 6.54 Å². The van der Waals surface area contributed by atoms with Crippen molar-refractivity contribution < 1.29 is 0 Å². The first kappa shape index (κ1) is 10.1. The van der Waals surface area contributed by atoms with Crippen molar-refractivity contribution in [1.29, 1.82) is 0 Å². The molecule has 0 aliphatic rings. The van der Waals surface area contributed by atoms with Crippen molar-refractivity contribution in [3.8, 4) is 0 Å². The lowest BCUT2D eigenvalue weighted by atomic mass is 10.4. The number of rotatable bonds is 6. The summed E-state index contributed by atoms with van der Waals surface area (Å²) in [5.41, 5.74) is 5.48. The van der Waals surface area contributed by atoms with Gasteiger partial charge in [-0.1, -0.05) is 6.92 Å². The maximum atomic E-state index is 5.48. The van der Waals surface area contributed by atoms with E-state index in [-0.39, 0.29) is 0 Å². The fraction of sp³-hybridized carbons (Fsp3) is 0.750. The fourth-order valence-electron chi connectivity index (χ4n) is 1.20. The van der Waals surface area contributed by atoms with Gasteiger partial charge in [-0.05, 0) is 6.54 Å². The molecule has 0 atom stereocenters. The summed E-state index contributed by atoms with van der Waals surface area (Å²) in [4.78, 5) is 6.17. The van der Waals surface area contributed by atoms with Crippen molar-refractivity contribution in [2.24, 2.45) is 5.73 Å². The third-order valence-corrected chi connectivity index (χ3v) is 2.00. The molecule has 0 unspecified atom stereocenters. The van der Waals surface area contributed by atoms with Crippen LogP contribution >= 0.6 is 0 Å². The van der Waals surface area contributed by atoms with E-state index in [2.05, 4.69) is 21.9 Å². The van der Waals surface area contributed by atoms with E-state index in [9.17, 15) is 0 Å². The monoisotopic (exact) mass is 183 g/mol. The van der Waals surface area contributed by atoms with E-state index >= 15 is 0 Å². The number of nitrogens with two attached hydrogens (primary N) is 1.